The highest BCUT2D eigenvalue weighted by atomic mass is 35.5. The molecule has 0 spiro atoms. The van der Waals surface area contributed by atoms with Crippen LogP contribution < -0.4 is 0 Å². The highest BCUT2D eigenvalue weighted by Gasteiger charge is 2.08. The van der Waals surface area contributed by atoms with E-state index in [0.717, 1.165) is 0 Å². The number of aromatic nitrogens is 3. The van der Waals surface area contributed by atoms with Gasteiger partial charge in [0.15, 0.2) is 0 Å². The summed E-state index contributed by atoms with van der Waals surface area (Å²) in [6.45, 7) is 0. The molecule has 5 nitrogen and oxygen atoms in total. The minimum absolute atomic E-state index is 0.0978. The van der Waals surface area contributed by atoms with Crippen LogP contribution in [0.4, 0.5) is 0 Å². The lowest BCUT2D eigenvalue weighted by molar-refractivity contribution is 0.387. The zero-order chi connectivity index (χ0) is 10.7. The van der Waals surface area contributed by atoms with Crippen LogP contribution in [0.2, 0.25) is 5.02 Å². The minimum atomic E-state index is 0.0978. The van der Waals surface area contributed by atoms with E-state index in [1.54, 1.807) is 12.1 Å². The molecule has 0 unspecified atom stereocenters. The molecular formula is C9H5ClN4O. The van der Waals surface area contributed by atoms with Crippen LogP contribution in [0.3, 0.4) is 0 Å². The zero-order valence-electron chi connectivity index (χ0n) is 7.51. The number of hydrogen-bond acceptors (Lipinski definition) is 5. The molecule has 0 atom stereocenters. The molecule has 0 aliphatic carbocycles. The lowest BCUT2D eigenvalue weighted by Gasteiger charge is -1.91. The second-order valence-corrected chi connectivity index (χ2v) is 3.14. The maximum Gasteiger partial charge on any atom is 0.241 e. The van der Waals surface area contributed by atoms with Gasteiger partial charge in [0.25, 0.3) is 0 Å². The molecule has 0 N–H and O–H groups in total. The van der Waals surface area contributed by atoms with E-state index in [4.69, 9.17) is 21.4 Å². The van der Waals surface area contributed by atoms with E-state index in [9.17, 15) is 0 Å². The van der Waals surface area contributed by atoms with Crippen LogP contribution in [0.15, 0.2) is 22.9 Å². The fourth-order valence-corrected chi connectivity index (χ4v) is 1.12. The van der Waals surface area contributed by atoms with Crippen LogP contribution in [-0.2, 0) is 6.42 Å². The second kappa shape index (κ2) is 4.07. The number of nitriles is 1. The highest BCUT2D eigenvalue weighted by molar-refractivity contribution is 6.30. The fourth-order valence-electron chi connectivity index (χ4n) is 1.01. The molecule has 0 radical (unpaired) electrons. The third-order valence-corrected chi connectivity index (χ3v) is 1.88. The Morgan fingerprint density at radius 1 is 1.47 bits per heavy atom. The Hall–Kier alpha value is -1.93. The Morgan fingerprint density at radius 2 is 2.33 bits per heavy atom. The van der Waals surface area contributed by atoms with Gasteiger partial charge in [0.1, 0.15) is 12.1 Å². The SMILES string of the molecule is N#CCc1nc(-c2ccc(Cl)cn2)no1. The highest BCUT2D eigenvalue weighted by Crippen LogP contribution is 2.15. The third kappa shape index (κ3) is 2.11. The van der Waals surface area contributed by atoms with E-state index in [-0.39, 0.29) is 12.3 Å². The summed E-state index contributed by atoms with van der Waals surface area (Å²) < 4.78 is 4.83. The third-order valence-electron chi connectivity index (χ3n) is 1.65. The zero-order valence-corrected chi connectivity index (χ0v) is 8.27. The predicted octanol–water partition coefficient (Wildman–Crippen LogP) is 1.85. The van der Waals surface area contributed by atoms with Gasteiger partial charge in [0.05, 0.1) is 11.1 Å². The van der Waals surface area contributed by atoms with Gasteiger partial charge < -0.3 is 4.52 Å². The lowest BCUT2D eigenvalue weighted by Crippen LogP contribution is -1.85. The van der Waals surface area contributed by atoms with Gasteiger partial charge in [-0.2, -0.15) is 10.2 Å². The van der Waals surface area contributed by atoms with Gasteiger partial charge in [0.2, 0.25) is 11.7 Å². The van der Waals surface area contributed by atoms with E-state index in [0.29, 0.717) is 16.5 Å². The lowest BCUT2D eigenvalue weighted by atomic mass is 10.3. The van der Waals surface area contributed by atoms with Gasteiger partial charge >= 0.3 is 0 Å². The van der Waals surface area contributed by atoms with Gasteiger partial charge in [-0.15, -0.1) is 0 Å². The predicted molar refractivity (Wildman–Crippen MR) is 51.9 cm³/mol. The first-order valence-corrected chi connectivity index (χ1v) is 4.49. The van der Waals surface area contributed by atoms with E-state index >= 15 is 0 Å². The molecule has 2 aromatic rings. The van der Waals surface area contributed by atoms with Gasteiger partial charge in [-0.3, -0.25) is 4.98 Å². The van der Waals surface area contributed by atoms with E-state index in [2.05, 4.69) is 15.1 Å². The second-order valence-electron chi connectivity index (χ2n) is 2.71. The van der Waals surface area contributed by atoms with Crippen LogP contribution in [0.5, 0.6) is 0 Å². The maximum atomic E-state index is 8.43. The number of rotatable bonds is 2. The van der Waals surface area contributed by atoms with Crippen molar-refractivity contribution in [2.24, 2.45) is 0 Å². The summed E-state index contributed by atoms with van der Waals surface area (Å²) in [5.41, 5.74) is 0.562. The summed E-state index contributed by atoms with van der Waals surface area (Å²) in [4.78, 5) is 8.02. The smallest absolute Gasteiger partial charge is 0.241 e. The minimum Gasteiger partial charge on any atom is -0.338 e. The number of nitrogens with zero attached hydrogens (tertiary/aromatic N) is 4. The molecule has 0 saturated heterocycles. The summed E-state index contributed by atoms with van der Waals surface area (Å²) in [6.07, 6.45) is 1.60. The van der Waals surface area contributed by atoms with Crippen LogP contribution in [0.25, 0.3) is 11.5 Å². The Balaban J connectivity index is 2.30. The van der Waals surface area contributed by atoms with Crippen molar-refractivity contribution in [1.29, 1.82) is 5.26 Å². The van der Waals surface area contributed by atoms with Crippen molar-refractivity contribution in [1.82, 2.24) is 15.1 Å². The number of hydrogen-bond donors (Lipinski definition) is 0. The van der Waals surface area contributed by atoms with Gasteiger partial charge in [-0.05, 0) is 12.1 Å². The first-order chi connectivity index (χ1) is 7.29. The summed E-state index contributed by atoms with van der Waals surface area (Å²) in [7, 11) is 0. The largest absolute Gasteiger partial charge is 0.338 e. The average molecular weight is 221 g/mol. The van der Waals surface area contributed by atoms with Crippen molar-refractivity contribution >= 4 is 11.6 Å². The molecule has 0 aromatic carbocycles. The van der Waals surface area contributed by atoms with Crippen molar-refractivity contribution in [3.63, 3.8) is 0 Å². The Kier molecular flexibility index (Phi) is 2.61. The van der Waals surface area contributed by atoms with Crippen molar-refractivity contribution < 1.29 is 4.52 Å². The molecule has 6 heteroatoms. The van der Waals surface area contributed by atoms with Crippen LogP contribution >= 0.6 is 11.6 Å². The standard InChI is InChI=1S/C9H5ClN4O/c10-6-1-2-7(12-5-6)9-13-8(3-4-11)15-14-9/h1-2,5H,3H2. The van der Waals surface area contributed by atoms with Gasteiger partial charge in [0, 0.05) is 6.20 Å². The van der Waals surface area contributed by atoms with E-state index in [1.165, 1.54) is 6.20 Å². The summed E-state index contributed by atoms with van der Waals surface area (Å²) in [5.74, 6) is 0.640. The molecule has 15 heavy (non-hydrogen) atoms. The molecule has 2 aromatic heterocycles. The fraction of sp³-hybridized carbons (Fsp3) is 0.111. The van der Waals surface area contributed by atoms with E-state index in [1.807, 2.05) is 6.07 Å². The van der Waals surface area contributed by atoms with Crippen LogP contribution in [-0.4, -0.2) is 15.1 Å². The quantitative estimate of drug-likeness (QED) is 0.772. The topological polar surface area (TPSA) is 75.6 Å². The monoisotopic (exact) mass is 220 g/mol. The Bertz CT molecular complexity index is 500. The molecular weight excluding hydrogens is 216 g/mol. The molecule has 0 aliphatic rings. The normalized spacial score (nSPS) is 9.87. The Morgan fingerprint density at radius 3 is 3.00 bits per heavy atom. The summed E-state index contributed by atoms with van der Waals surface area (Å²) in [6, 6.07) is 5.29. The van der Waals surface area contributed by atoms with Crippen LogP contribution in [0.1, 0.15) is 5.89 Å². The maximum absolute atomic E-state index is 8.43. The average Bonchev–Trinajstić information content (AvgIpc) is 2.68. The van der Waals surface area contributed by atoms with Crippen molar-refractivity contribution in [2.45, 2.75) is 6.42 Å². The molecule has 74 valence electrons. The number of pyridine rings is 1. The van der Waals surface area contributed by atoms with Crippen molar-refractivity contribution in [2.75, 3.05) is 0 Å². The van der Waals surface area contributed by atoms with E-state index < -0.39 is 0 Å². The summed E-state index contributed by atoms with van der Waals surface area (Å²) in [5, 5.41) is 12.7. The first kappa shape index (κ1) is 9.62. The Labute approximate surface area is 90.3 Å². The first-order valence-electron chi connectivity index (χ1n) is 4.11. The number of halogens is 1. The van der Waals surface area contributed by atoms with Crippen molar-refractivity contribution in [3.05, 3.63) is 29.2 Å². The molecule has 0 fully saturated rings. The van der Waals surface area contributed by atoms with Crippen LogP contribution in [0, 0.1) is 11.3 Å². The van der Waals surface area contributed by atoms with Gasteiger partial charge in [-0.25, -0.2) is 0 Å². The van der Waals surface area contributed by atoms with Gasteiger partial charge in [-0.1, -0.05) is 16.8 Å². The summed E-state index contributed by atoms with van der Waals surface area (Å²) >= 11 is 5.68. The molecule has 2 heterocycles. The molecule has 0 amide bonds. The molecule has 0 aliphatic heterocycles. The molecule has 0 bridgehead atoms. The van der Waals surface area contributed by atoms with Crippen molar-refractivity contribution in [3.8, 4) is 17.6 Å². The molecule has 2 rings (SSSR count). The molecule has 0 saturated carbocycles.